The predicted octanol–water partition coefficient (Wildman–Crippen LogP) is 4.06. The summed E-state index contributed by atoms with van der Waals surface area (Å²) in [4.78, 5) is 12.5. The summed E-state index contributed by atoms with van der Waals surface area (Å²) in [7, 11) is -4.01. The van der Waals surface area contributed by atoms with Gasteiger partial charge in [-0.15, -0.1) is 0 Å². The van der Waals surface area contributed by atoms with Crippen molar-refractivity contribution in [2.24, 2.45) is 0 Å². The molecule has 0 saturated carbocycles. The summed E-state index contributed by atoms with van der Waals surface area (Å²) in [6.07, 6.45) is 2.92. The third-order valence-corrected chi connectivity index (χ3v) is 7.04. The van der Waals surface area contributed by atoms with Gasteiger partial charge in [0.05, 0.1) is 5.02 Å². The number of amides is 1. The third kappa shape index (κ3) is 7.50. The van der Waals surface area contributed by atoms with Crippen LogP contribution in [0.1, 0.15) is 17.5 Å². The van der Waals surface area contributed by atoms with E-state index in [1.54, 1.807) is 0 Å². The van der Waals surface area contributed by atoms with E-state index < -0.39 is 16.1 Å². The molecule has 1 unspecified atom stereocenters. The molecule has 0 spiro atoms. The van der Waals surface area contributed by atoms with E-state index in [9.17, 15) is 13.2 Å². The first-order valence-electron chi connectivity index (χ1n) is 9.02. The van der Waals surface area contributed by atoms with Crippen LogP contribution >= 0.6 is 35.0 Å². The van der Waals surface area contributed by atoms with Crippen LogP contribution in [0.5, 0.6) is 0 Å². The minimum absolute atomic E-state index is 0.0466. The Morgan fingerprint density at radius 1 is 1.17 bits per heavy atom. The maximum absolute atomic E-state index is 12.8. The maximum Gasteiger partial charge on any atom is 0.242 e. The SMILES string of the molecule is CSCCC(NS(=O)(=O)c1cc(Cl)ccc1Cl)C(=O)NCCc1cccc(C)c1. The van der Waals surface area contributed by atoms with Crippen LogP contribution in [-0.4, -0.2) is 38.9 Å². The van der Waals surface area contributed by atoms with Gasteiger partial charge in [0.25, 0.3) is 0 Å². The zero-order valence-corrected chi connectivity index (χ0v) is 19.4. The Hall–Kier alpha value is -1.25. The highest BCUT2D eigenvalue weighted by atomic mass is 35.5. The molecule has 2 aromatic carbocycles. The van der Waals surface area contributed by atoms with Gasteiger partial charge >= 0.3 is 0 Å². The second kappa shape index (κ2) is 11.2. The molecule has 9 heteroatoms. The fraction of sp³-hybridized carbons (Fsp3) is 0.350. The standard InChI is InChI=1S/C20H24Cl2N2O3S2/c1-14-4-3-5-15(12-14)8-10-23-20(25)18(9-11-28-2)24-29(26,27)19-13-16(21)6-7-17(19)22/h3-7,12-13,18,24H,8-11H2,1-2H3,(H,23,25). The van der Waals surface area contributed by atoms with Gasteiger partial charge in [-0.3, -0.25) is 4.79 Å². The van der Waals surface area contributed by atoms with E-state index >= 15 is 0 Å². The molecular weight excluding hydrogens is 451 g/mol. The van der Waals surface area contributed by atoms with Crippen LogP contribution in [0.4, 0.5) is 0 Å². The number of carbonyl (C=O) groups is 1. The quantitative estimate of drug-likeness (QED) is 0.544. The van der Waals surface area contributed by atoms with Crippen molar-refractivity contribution in [3.8, 4) is 0 Å². The van der Waals surface area contributed by atoms with Gasteiger partial charge in [-0.25, -0.2) is 8.42 Å². The fourth-order valence-electron chi connectivity index (χ4n) is 2.73. The number of carbonyl (C=O) groups excluding carboxylic acids is 1. The molecule has 0 aliphatic heterocycles. The Balaban J connectivity index is 2.07. The van der Waals surface area contributed by atoms with Crippen LogP contribution in [0.3, 0.4) is 0 Å². The van der Waals surface area contributed by atoms with E-state index in [0.717, 1.165) is 11.1 Å². The Labute approximate surface area is 186 Å². The van der Waals surface area contributed by atoms with Crippen molar-refractivity contribution in [1.82, 2.24) is 10.0 Å². The molecule has 1 atom stereocenters. The highest BCUT2D eigenvalue weighted by Crippen LogP contribution is 2.25. The molecule has 2 N–H and O–H groups in total. The molecule has 158 valence electrons. The van der Waals surface area contributed by atoms with Gasteiger partial charge in [0.2, 0.25) is 15.9 Å². The van der Waals surface area contributed by atoms with E-state index in [2.05, 4.69) is 16.1 Å². The van der Waals surface area contributed by atoms with Gasteiger partial charge in [-0.1, -0.05) is 53.0 Å². The molecule has 0 aromatic heterocycles. The molecular formula is C20H24Cl2N2O3S2. The fourth-order valence-corrected chi connectivity index (χ4v) is 5.20. The smallest absolute Gasteiger partial charge is 0.242 e. The molecule has 0 aliphatic carbocycles. The van der Waals surface area contributed by atoms with Crippen molar-refractivity contribution < 1.29 is 13.2 Å². The average molecular weight is 475 g/mol. The summed E-state index contributed by atoms with van der Waals surface area (Å²) in [6.45, 7) is 2.42. The summed E-state index contributed by atoms with van der Waals surface area (Å²) < 4.78 is 28.0. The van der Waals surface area contributed by atoms with Gasteiger partial charge in [-0.05, 0) is 55.5 Å². The van der Waals surface area contributed by atoms with E-state index in [-0.39, 0.29) is 20.8 Å². The molecule has 2 aromatic rings. The number of rotatable bonds is 10. The van der Waals surface area contributed by atoms with Gasteiger partial charge in [0.15, 0.2) is 0 Å². The number of hydrogen-bond donors (Lipinski definition) is 2. The molecule has 0 heterocycles. The largest absolute Gasteiger partial charge is 0.354 e. The van der Waals surface area contributed by atoms with E-state index in [1.807, 2.05) is 31.4 Å². The van der Waals surface area contributed by atoms with Crippen LogP contribution in [0.15, 0.2) is 47.4 Å². The predicted molar refractivity (Wildman–Crippen MR) is 121 cm³/mol. The lowest BCUT2D eigenvalue weighted by Gasteiger charge is -2.19. The maximum atomic E-state index is 12.8. The number of benzene rings is 2. The van der Waals surface area contributed by atoms with Crippen molar-refractivity contribution in [2.45, 2.75) is 30.7 Å². The lowest BCUT2D eigenvalue weighted by molar-refractivity contribution is -0.122. The summed E-state index contributed by atoms with van der Waals surface area (Å²) in [6, 6.07) is 11.3. The first-order valence-corrected chi connectivity index (χ1v) is 12.7. The van der Waals surface area contributed by atoms with Crippen molar-refractivity contribution in [3.63, 3.8) is 0 Å². The lowest BCUT2D eigenvalue weighted by Crippen LogP contribution is -2.47. The van der Waals surface area contributed by atoms with Crippen LogP contribution in [-0.2, 0) is 21.2 Å². The second-order valence-corrected chi connectivity index (χ2v) is 10.1. The Morgan fingerprint density at radius 2 is 1.93 bits per heavy atom. The van der Waals surface area contributed by atoms with E-state index in [1.165, 1.54) is 30.0 Å². The molecule has 0 saturated heterocycles. The van der Waals surface area contributed by atoms with Gasteiger partial charge < -0.3 is 5.32 Å². The Kier molecular flexibility index (Phi) is 9.30. The highest BCUT2D eigenvalue weighted by Gasteiger charge is 2.27. The summed E-state index contributed by atoms with van der Waals surface area (Å²) in [5.41, 5.74) is 2.26. The Morgan fingerprint density at radius 3 is 2.62 bits per heavy atom. The summed E-state index contributed by atoms with van der Waals surface area (Å²) in [5, 5.41) is 3.12. The van der Waals surface area contributed by atoms with E-state index in [0.29, 0.717) is 25.1 Å². The first kappa shape index (κ1) is 24.0. The highest BCUT2D eigenvalue weighted by molar-refractivity contribution is 7.98. The third-order valence-electron chi connectivity index (χ3n) is 4.20. The molecule has 2 rings (SSSR count). The topological polar surface area (TPSA) is 75.3 Å². The molecule has 0 aliphatic rings. The number of nitrogens with one attached hydrogen (secondary N) is 2. The van der Waals surface area contributed by atoms with Crippen molar-refractivity contribution >= 4 is 50.9 Å². The van der Waals surface area contributed by atoms with Crippen molar-refractivity contribution in [3.05, 3.63) is 63.6 Å². The molecule has 29 heavy (non-hydrogen) atoms. The zero-order valence-electron chi connectivity index (χ0n) is 16.2. The van der Waals surface area contributed by atoms with Crippen LogP contribution in [0.25, 0.3) is 0 Å². The van der Waals surface area contributed by atoms with Crippen molar-refractivity contribution in [2.75, 3.05) is 18.6 Å². The second-order valence-electron chi connectivity index (χ2n) is 6.56. The normalized spacial score (nSPS) is 12.6. The van der Waals surface area contributed by atoms with Crippen LogP contribution in [0, 0.1) is 6.92 Å². The summed E-state index contributed by atoms with van der Waals surface area (Å²) in [5.74, 6) is 0.260. The number of sulfonamides is 1. The van der Waals surface area contributed by atoms with Crippen molar-refractivity contribution in [1.29, 1.82) is 0 Å². The number of aryl methyl sites for hydroxylation is 1. The lowest BCUT2D eigenvalue weighted by atomic mass is 10.1. The minimum atomic E-state index is -4.01. The number of halogens is 2. The number of thioether (sulfide) groups is 1. The molecule has 0 fully saturated rings. The minimum Gasteiger partial charge on any atom is -0.354 e. The summed E-state index contributed by atoms with van der Waals surface area (Å²) >= 11 is 13.5. The van der Waals surface area contributed by atoms with Gasteiger partial charge in [-0.2, -0.15) is 16.5 Å². The van der Waals surface area contributed by atoms with Gasteiger partial charge in [0.1, 0.15) is 10.9 Å². The number of hydrogen-bond acceptors (Lipinski definition) is 4. The molecule has 5 nitrogen and oxygen atoms in total. The molecule has 0 radical (unpaired) electrons. The van der Waals surface area contributed by atoms with E-state index in [4.69, 9.17) is 23.2 Å². The molecule has 1 amide bonds. The monoisotopic (exact) mass is 474 g/mol. The van der Waals surface area contributed by atoms with Crippen LogP contribution in [0.2, 0.25) is 10.0 Å². The Bertz CT molecular complexity index is 952. The van der Waals surface area contributed by atoms with Crippen LogP contribution < -0.4 is 10.0 Å². The first-order chi connectivity index (χ1) is 13.7. The zero-order chi connectivity index (χ0) is 21.4. The van der Waals surface area contributed by atoms with Gasteiger partial charge in [0, 0.05) is 11.6 Å². The average Bonchev–Trinajstić information content (AvgIpc) is 2.66. The molecule has 0 bridgehead atoms.